The van der Waals surface area contributed by atoms with Crippen LogP contribution in [0.25, 0.3) is 0 Å². The van der Waals surface area contributed by atoms with E-state index in [0.717, 1.165) is 0 Å². The van der Waals surface area contributed by atoms with E-state index in [1.54, 1.807) is 0 Å². The number of hydrogen-bond acceptors (Lipinski definition) is 1. The van der Waals surface area contributed by atoms with Gasteiger partial charge in [-0.05, 0) is 44.3 Å². The molecular weight excluding hydrogens is 194 g/mol. The largest absolute Gasteiger partial charge is 0.304 e. The second kappa shape index (κ2) is 6.24. The molecule has 1 rings (SSSR count). The van der Waals surface area contributed by atoms with Gasteiger partial charge in [0.2, 0.25) is 0 Å². The topological polar surface area (TPSA) is 3.24 Å². The molecule has 1 aliphatic rings. The van der Waals surface area contributed by atoms with Crippen molar-refractivity contribution in [3.63, 3.8) is 0 Å². The summed E-state index contributed by atoms with van der Waals surface area (Å²) in [5, 5.41) is 0. The second-order valence-electron chi connectivity index (χ2n) is 5.44. The van der Waals surface area contributed by atoms with Gasteiger partial charge in [-0.3, -0.25) is 0 Å². The van der Waals surface area contributed by atoms with Gasteiger partial charge in [-0.2, -0.15) is 0 Å². The van der Waals surface area contributed by atoms with Crippen molar-refractivity contribution in [1.29, 1.82) is 0 Å². The van der Waals surface area contributed by atoms with Crippen molar-refractivity contribution in [2.75, 3.05) is 19.6 Å². The van der Waals surface area contributed by atoms with Crippen LogP contribution in [0.4, 0.5) is 0 Å². The van der Waals surface area contributed by atoms with Crippen LogP contribution in [-0.4, -0.2) is 24.5 Å². The highest BCUT2D eigenvalue weighted by molar-refractivity contribution is 5.25. The van der Waals surface area contributed by atoms with Crippen LogP contribution in [0.3, 0.4) is 0 Å². The van der Waals surface area contributed by atoms with E-state index in [2.05, 4.69) is 50.8 Å². The normalized spacial score (nSPS) is 18.9. The Balaban J connectivity index is 2.25. The molecule has 0 unspecified atom stereocenters. The van der Waals surface area contributed by atoms with Gasteiger partial charge >= 0.3 is 0 Å². The number of hydrogen-bond donors (Lipinski definition) is 0. The van der Waals surface area contributed by atoms with Crippen molar-refractivity contribution in [2.24, 2.45) is 5.41 Å². The summed E-state index contributed by atoms with van der Waals surface area (Å²) in [5.41, 5.74) is 1.91. The van der Waals surface area contributed by atoms with Gasteiger partial charge < -0.3 is 4.90 Å². The molecule has 16 heavy (non-hydrogen) atoms. The Kier molecular flexibility index (Phi) is 5.27. The predicted molar refractivity (Wildman–Crippen MR) is 72.6 cm³/mol. The summed E-state index contributed by atoms with van der Waals surface area (Å²) in [6, 6.07) is 0. The van der Waals surface area contributed by atoms with Crippen molar-refractivity contribution in [2.45, 2.75) is 47.0 Å². The maximum absolute atomic E-state index is 2.50. The zero-order valence-electron chi connectivity index (χ0n) is 11.4. The molecule has 0 fully saturated rings. The summed E-state index contributed by atoms with van der Waals surface area (Å²) in [5.74, 6) is 0. The average molecular weight is 221 g/mol. The fraction of sp³-hybridized carbons (Fsp3) is 0.733. The van der Waals surface area contributed by atoms with Crippen molar-refractivity contribution in [3.8, 4) is 0 Å². The van der Waals surface area contributed by atoms with Crippen LogP contribution in [0.2, 0.25) is 0 Å². The van der Waals surface area contributed by atoms with E-state index in [1.807, 2.05) is 0 Å². The van der Waals surface area contributed by atoms with Crippen LogP contribution in [0, 0.1) is 5.41 Å². The zero-order chi connectivity index (χ0) is 12.0. The van der Waals surface area contributed by atoms with E-state index in [1.165, 1.54) is 44.5 Å². The quantitative estimate of drug-likeness (QED) is 0.655. The Morgan fingerprint density at radius 3 is 2.44 bits per heavy atom. The Hall–Kier alpha value is -0.560. The molecule has 0 spiro atoms. The minimum atomic E-state index is 0.377. The third-order valence-corrected chi connectivity index (χ3v) is 3.47. The molecule has 0 heterocycles. The van der Waals surface area contributed by atoms with Crippen LogP contribution in [0.1, 0.15) is 47.0 Å². The highest BCUT2D eigenvalue weighted by Gasteiger charge is 2.15. The molecular formula is C15H27N. The van der Waals surface area contributed by atoms with Crippen molar-refractivity contribution in [1.82, 2.24) is 4.90 Å². The fourth-order valence-electron chi connectivity index (χ4n) is 2.09. The van der Waals surface area contributed by atoms with E-state index < -0.39 is 0 Å². The zero-order valence-corrected chi connectivity index (χ0v) is 11.4. The maximum Gasteiger partial charge on any atom is -0.00158 e. The first-order chi connectivity index (χ1) is 7.57. The Morgan fingerprint density at radius 2 is 1.94 bits per heavy atom. The monoisotopic (exact) mass is 221 g/mol. The van der Waals surface area contributed by atoms with E-state index in [9.17, 15) is 0 Å². The SMILES string of the molecule is CCN(CC)CCCC1=CCC(C)(C)C=C1. The lowest BCUT2D eigenvalue weighted by atomic mass is 9.83. The highest BCUT2D eigenvalue weighted by atomic mass is 15.1. The molecule has 1 nitrogen and oxygen atoms in total. The van der Waals surface area contributed by atoms with E-state index in [0.29, 0.717) is 5.41 Å². The van der Waals surface area contributed by atoms with Crippen LogP contribution in [0.15, 0.2) is 23.8 Å². The fourth-order valence-corrected chi connectivity index (χ4v) is 2.09. The third-order valence-electron chi connectivity index (χ3n) is 3.47. The maximum atomic E-state index is 2.50. The molecule has 0 aromatic rings. The predicted octanol–water partition coefficient (Wildman–Crippen LogP) is 4.02. The summed E-state index contributed by atoms with van der Waals surface area (Å²) in [7, 11) is 0. The average Bonchev–Trinajstić information content (AvgIpc) is 2.26. The minimum absolute atomic E-state index is 0.377. The molecule has 0 aliphatic heterocycles. The van der Waals surface area contributed by atoms with Gasteiger partial charge in [0.25, 0.3) is 0 Å². The lowest BCUT2D eigenvalue weighted by Crippen LogP contribution is -2.24. The summed E-state index contributed by atoms with van der Waals surface area (Å²) in [6.45, 7) is 12.7. The smallest absolute Gasteiger partial charge is 0.00158 e. The Labute approximate surface area is 101 Å². The number of rotatable bonds is 6. The van der Waals surface area contributed by atoms with Crippen LogP contribution in [-0.2, 0) is 0 Å². The van der Waals surface area contributed by atoms with Gasteiger partial charge in [-0.1, -0.05) is 51.5 Å². The van der Waals surface area contributed by atoms with E-state index in [4.69, 9.17) is 0 Å². The summed E-state index contributed by atoms with van der Waals surface area (Å²) >= 11 is 0. The summed E-state index contributed by atoms with van der Waals surface area (Å²) in [6.07, 6.45) is 10.8. The number of nitrogens with zero attached hydrogens (tertiary/aromatic N) is 1. The van der Waals surface area contributed by atoms with Gasteiger partial charge in [-0.25, -0.2) is 0 Å². The standard InChI is InChI=1S/C15H27N/c1-5-16(6-2)13-7-8-14-9-11-15(3,4)12-10-14/h9-11H,5-8,12-13H2,1-4H3. The third kappa shape index (κ3) is 4.52. The first kappa shape index (κ1) is 13.5. The van der Waals surface area contributed by atoms with Crippen molar-refractivity contribution in [3.05, 3.63) is 23.8 Å². The molecule has 0 saturated heterocycles. The van der Waals surface area contributed by atoms with Crippen molar-refractivity contribution >= 4 is 0 Å². The molecule has 0 bridgehead atoms. The Morgan fingerprint density at radius 1 is 1.25 bits per heavy atom. The summed E-state index contributed by atoms with van der Waals surface area (Å²) < 4.78 is 0. The van der Waals surface area contributed by atoms with Crippen LogP contribution < -0.4 is 0 Å². The molecule has 1 aliphatic carbocycles. The van der Waals surface area contributed by atoms with E-state index >= 15 is 0 Å². The first-order valence-electron chi connectivity index (χ1n) is 6.68. The first-order valence-corrected chi connectivity index (χ1v) is 6.68. The molecule has 92 valence electrons. The molecule has 0 N–H and O–H groups in total. The second-order valence-corrected chi connectivity index (χ2v) is 5.44. The van der Waals surface area contributed by atoms with Crippen molar-refractivity contribution < 1.29 is 0 Å². The molecule has 0 saturated carbocycles. The molecule has 0 atom stereocenters. The number of allylic oxidation sites excluding steroid dienone is 4. The molecule has 0 aromatic heterocycles. The lowest BCUT2D eigenvalue weighted by molar-refractivity contribution is 0.300. The van der Waals surface area contributed by atoms with Gasteiger partial charge in [0.1, 0.15) is 0 Å². The summed E-state index contributed by atoms with van der Waals surface area (Å²) in [4.78, 5) is 2.50. The lowest BCUT2D eigenvalue weighted by Gasteiger charge is -2.23. The van der Waals surface area contributed by atoms with Crippen LogP contribution in [0.5, 0.6) is 0 Å². The highest BCUT2D eigenvalue weighted by Crippen LogP contribution is 2.29. The molecule has 0 amide bonds. The molecule has 1 heteroatoms. The van der Waals surface area contributed by atoms with Gasteiger partial charge in [0.15, 0.2) is 0 Å². The van der Waals surface area contributed by atoms with E-state index in [-0.39, 0.29) is 0 Å². The van der Waals surface area contributed by atoms with Gasteiger partial charge in [0, 0.05) is 0 Å². The van der Waals surface area contributed by atoms with Gasteiger partial charge in [-0.15, -0.1) is 0 Å². The van der Waals surface area contributed by atoms with Gasteiger partial charge in [0.05, 0.1) is 0 Å². The van der Waals surface area contributed by atoms with Crippen LogP contribution >= 0.6 is 0 Å². The minimum Gasteiger partial charge on any atom is -0.304 e. The molecule has 0 aromatic carbocycles. The molecule has 0 radical (unpaired) electrons. The Bertz CT molecular complexity index is 257.